The third-order valence-electron chi connectivity index (χ3n) is 7.46. The highest BCUT2D eigenvalue weighted by atomic mass is 35.5. The van der Waals surface area contributed by atoms with Crippen LogP contribution in [-0.4, -0.2) is 50.9 Å². The van der Waals surface area contributed by atoms with E-state index >= 15 is 0 Å². The van der Waals surface area contributed by atoms with E-state index in [1.807, 2.05) is 6.92 Å². The van der Waals surface area contributed by atoms with Gasteiger partial charge < -0.3 is 15.0 Å². The topological polar surface area (TPSA) is 96.0 Å². The summed E-state index contributed by atoms with van der Waals surface area (Å²) in [5.74, 6) is -0.690. The van der Waals surface area contributed by atoms with Crippen molar-refractivity contribution in [2.24, 2.45) is 0 Å². The molecule has 1 saturated carbocycles. The van der Waals surface area contributed by atoms with Crippen LogP contribution in [0, 0.1) is 6.92 Å². The fraction of sp³-hybridized carbons (Fsp3) is 0.355. The Morgan fingerprint density at radius 1 is 1.02 bits per heavy atom. The van der Waals surface area contributed by atoms with Crippen LogP contribution < -0.4 is 14.4 Å². The van der Waals surface area contributed by atoms with Crippen molar-refractivity contribution in [3.05, 3.63) is 87.9 Å². The van der Waals surface area contributed by atoms with Gasteiger partial charge in [-0.25, -0.2) is 8.42 Å². The maximum atomic E-state index is 14.2. The molecule has 3 aromatic carbocycles. The lowest BCUT2D eigenvalue weighted by Gasteiger charge is -2.33. The number of amides is 2. The smallest absolute Gasteiger partial charge is 0.264 e. The standard InChI is InChI=1S/C31H35Cl2N3O5S/c1-21-12-15-26(16-13-21)42(39,40)36(28-18-24(32)14-17-29(28)41-3)20-30(37)35(19-23-8-4-7-11-27(23)33)22(2)31(38)34-25-9-5-6-10-25/h4,7-8,11-18,22,25H,5-6,9-10,19-20H2,1-3H3,(H,34,38)/t22-/m0/s1. The van der Waals surface area contributed by atoms with Gasteiger partial charge in [-0.3, -0.25) is 13.9 Å². The Labute approximate surface area is 257 Å². The molecule has 1 aliphatic rings. The summed E-state index contributed by atoms with van der Waals surface area (Å²) in [6.07, 6.45) is 3.84. The zero-order chi connectivity index (χ0) is 30.4. The fourth-order valence-electron chi connectivity index (χ4n) is 4.99. The summed E-state index contributed by atoms with van der Waals surface area (Å²) in [6.45, 7) is 2.88. The average Bonchev–Trinajstić information content (AvgIpc) is 3.48. The van der Waals surface area contributed by atoms with E-state index in [0.717, 1.165) is 35.6 Å². The number of nitrogens with zero attached hydrogens (tertiary/aromatic N) is 2. The molecule has 0 radical (unpaired) electrons. The number of carbonyl (C=O) groups is 2. The number of methoxy groups -OCH3 is 1. The highest BCUT2D eigenvalue weighted by molar-refractivity contribution is 7.92. The van der Waals surface area contributed by atoms with Crippen molar-refractivity contribution in [2.45, 2.75) is 63.1 Å². The Kier molecular flexibility index (Phi) is 10.4. The van der Waals surface area contributed by atoms with Crippen LogP contribution in [0.15, 0.2) is 71.6 Å². The van der Waals surface area contributed by atoms with Crippen molar-refractivity contribution in [3.8, 4) is 5.75 Å². The van der Waals surface area contributed by atoms with Crippen molar-refractivity contribution in [1.29, 1.82) is 0 Å². The molecular weight excluding hydrogens is 597 g/mol. The summed E-state index contributed by atoms with van der Waals surface area (Å²) in [7, 11) is -2.87. The number of ether oxygens (including phenoxy) is 1. The maximum Gasteiger partial charge on any atom is 0.264 e. The second kappa shape index (κ2) is 13.8. The van der Waals surface area contributed by atoms with E-state index in [1.54, 1.807) is 55.5 Å². The summed E-state index contributed by atoms with van der Waals surface area (Å²) in [5, 5.41) is 3.74. The van der Waals surface area contributed by atoms with Gasteiger partial charge in [-0.05, 0) is 68.7 Å². The lowest BCUT2D eigenvalue weighted by atomic mass is 10.1. The van der Waals surface area contributed by atoms with Gasteiger partial charge in [0.05, 0.1) is 17.7 Å². The normalized spacial score (nSPS) is 14.3. The number of hydrogen-bond donors (Lipinski definition) is 1. The molecular formula is C31H35Cl2N3O5S. The molecule has 0 aliphatic heterocycles. The van der Waals surface area contributed by atoms with Gasteiger partial charge in [0.15, 0.2) is 0 Å². The second-order valence-electron chi connectivity index (χ2n) is 10.4. The minimum Gasteiger partial charge on any atom is -0.495 e. The zero-order valence-corrected chi connectivity index (χ0v) is 26.2. The molecule has 1 aliphatic carbocycles. The van der Waals surface area contributed by atoms with Crippen molar-refractivity contribution < 1.29 is 22.7 Å². The number of aryl methyl sites for hydroxylation is 1. The molecule has 1 N–H and O–H groups in total. The first-order chi connectivity index (χ1) is 20.0. The van der Waals surface area contributed by atoms with E-state index in [1.165, 1.54) is 30.2 Å². The highest BCUT2D eigenvalue weighted by Crippen LogP contribution is 2.35. The van der Waals surface area contributed by atoms with Gasteiger partial charge >= 0.3 is 0 Å². The number of rotatable bonds is 11. The first-order valence-electron chi connectivity index (χ1n) is 13.8. The number of carbonyl (C=O) groups excluding carboxylic acids is 2. The van der Waals surface area contributed by atoms with Gasteiger partial charge in [-0.15, -0.1) is 0 Å². The summed E-state index contributed by atoms with van der Waals surface area (Å²) in [5.41, 5.74) is 1.60. The van der Waals surface area contributed by atoms with Crippen molar-refractivity contribution >= 4 is 50.7 Å². The van der Waals surface area contributed by atoms with Crippen LogP contribution in [0.1, 0.15) is 43.7 Å². The summed E-state index contributed by atoms with van der Waals surface area (Å²) >= 11 is 12.7. The molecule has 0 aromatic heterocycles. The van der Waals surface area contributed by atoms with Crippen LogP contribution >= 0.6 is 23.2 Å². The van der Waals surface area contributed by atoms with Gasteiger partial charge in [-0.2, -0.15) is 0 Å². The molecule has 2 amide bonds. The largest absolute Gasteiger partial charge is 0.495 e. The number of sulfonamides is 1. The number of benzene rings is 3. The third kappa shape index (κ3) is 7.38. The predicted octanol–water partition coefficient (Wildman–Crippen LogP) is 5.98. The van der Waals surface area contributed by atoms with Crippen molar-refractivity contribution in [2.75, 3.05) is 18.0 Å². The van der Waals surface area contributed by atoms with Crippen LogP contribution in [0.4, 0.5) is 5.69 Å². The second-order valence-corrected chi connectivity index (χ2v) is 13.1. The molecule has 0 unspecified atom stereocenters. The minimum absolute atomic E-state index is 0.00284. The minimum atomic E-state index is -4.27. The van der Waals surface area contributed by atoms with E-state index in [2.05, 4.69) is 5.32 Å². The molecule has 3 aromatic rings. The number of halogens is 2. The Balaban J connectivity index is 1.75. The molecule has 1 atom stereocenters. The molecule has 0 bridgehead atoms. The van der Waals surface area contributed by atoms with Gasteiger partial charge in [-0.1, -0.05) is 71.9 Å². The summed E-state index contributed by atoms with van der Waals surface area (Å²) in [6, 6.07) is 17.1. The number of hydrogen-bond acceptors (Lipinski definition) is 5. The van der Waals surface area contributed by atoms with E-state index in [4.69, 9.17) is 27.9 Å². The first kappa shape index (κ1) is 31.7. The Bertz CT molecular complexity index is 1530. The van der Waals surface area contributed by atoms with Crippen LogP contribution in [0.5, 0.6) is 5.75 Å². The molecule has 0 heterocycles. The number of nitrogens with one attached hydrogen (secondary N) is 1. The monoisotopic (exact) mass is 631 g/mol. The predicted molar refractivity (Wildman–Crippen MR) is 166 cm³/mol. The lowest BCUT2D eigenvalue weighted by molar-refractivity contribution is -0.139. The Hall–Kier alpha value is -3.27. The van der Waals surface area contributed by atoms with Crippen molar-refractivity contribution in [3.63, 3.8) is 0 Å². The van der Waals surface area contributed by atoms with E-state index in [-0.39, 0.29) is 39.8 Å². The fourth-order valence-corrected chi connectivity index (χ4v) is 6.77. The molecule has 0 saturated heterocycles. The van der Waals surface area contributed by atoms with Gasteiger partial charge in [0.1, 0.15) is 18.3 Å². The highest BCUT2D eigenvalue weighted by Gasteiger charge is 2.34. The Morgan fingerprint density at radius 2 is 1.69 bits per heavy atom. The van der Waals surface area contributed by atoms with Crippen molar-refractivity contribution in [1.82, 2.24) is 10.2 Å². The van der Waals surface area contributed by atoms with Gasteiger partial charge in [0.25, 0.3) is 10.0 Å². The van der Waals surface area contributed by atoms with Crippen LogP contribution in [0.25, 0.3) is 0 Å². The Morgan fingerprint density at radius 3 is 2.33 bits per heavy atom. The molecule has 1 fully saturated rings. The summed E-state index contributed by atoms with van der Waals surface area (Å²) in [4.78, 5) is 28.9. The molecule has 8 nitrogen and oxygen atoms in total. The quantitative estimate of drug-likeness (QED) is 0.281. The molecule has 0 spiro atoms. The zero-order valence-electron chi connectivity index (χ0n) is 23.8. The van der Waals surface area contributed by atoms with Gasteiger partial charge in [0, 0.05) is 22.6 Å². The molecule has 11 heteroatoms. The molecule has 42 heavy (non-hydrogen) atoms. The van der Waals surface area contributed by atoms with E-state index in [0.29, 0.717) is 10.6 Å². The lowest BCUT2D eigenvalue weighted by Crippen LogP contribution is -2.52. The first-order valence-corrected chi connectivity index (χ1v) is 16.0. The van der Waals surface area contributed by atoms with Crippen LogP contribution in [-0.2, 0) is 26.2 Å². The molecule has 4 rings (SSSR count). The summed E-state index contributed by atoms with van der Waals surface area (Å²) < 4.78 is 34.6. The maximum absolute atomic E-state index is 14.2. The van der Waals surface area contributed by atoms with Gasteiger partial charge in [0.2, 0.25) is 11.8 Å². The van der Waals surface area contributed by atoms with Crippen LogP contribution in [0.2, 0.25) is 10.0 Å². The average molecular weight is 633 g/mol. The van der Waals surface area contributed by atoms with E-state index < -0.39 is 28.5 Å². The SMILES string of the molecule is COc1ccc(Cl)cc1N(CC(=O)N(Cc1ccccc1Cl)[C@@H](C)C(=O)NC1CCCC1)S(=O)(=O)c1ccc(C)cc1. The van der Waals surface area contributed by atoms with E-state index in [9.17, 15) is 18.0 Å². The van der Waals surface area contributed by atoms with Crippen LogP contribution in [0.3, 0.4) is 0 Å². The molecule has 224 valence electrons. The number of anilines is 1. The third-order valence-corrected chi connectivity index (χ3v) is 9.84.